The average molecular weight is 398 g/mol. The molecule has 0 N–H and O–H groups in total. The zero-order valence-corrected chi connectivity index (χ0v) is 16.5. The van der Waals surface area contributed by atoms with Crippen molar-refractivity contribution in [1.29, 1.82) is 0 Å². The zero-order chi connectivity index (χ0) is 18.9. The second-order valence-electron chi connectivity index (χ2n) is 7.09. The van der Waals surface area contributed by atoms with Crippen LogP contribution in [0.25, 0.3) is 11.4 Å². The molecule has 2 aliphatic heterocycles. The molecular weight excluding hydrogens is 376 g/mol. The Kier molecular flexibility index (Phi) is 4.84. The Morgan fingerprint density at radius 1 is 1.21 bits per heavy atom. The van der Waals surface area contributed by atoms with Crippen LogP contribution in [0.4, 0.5) is 5.82 Å². The summed E-state index contributed by atoms with van der Waals surface area (Å²) in [4.78, 5) is 12.8. The molecule has 5 heterocycles. The summed E-state index contributed by atoms with van der Waals surface area (Å²) in [5.41, 5.74) is 2.15. The Labute approximate surface area is 167 Å². The maximum atomic E-state index is 6.04. The molecule has 5 rings (SSSR count). The number of morpholine rings is 1. The molecule has 0 saturated carbocycles. The van der Waals surface area contributed by atoms with Gasteiger partial charge in [0.25, 0.3) is 0 Å². The molecule has 28 heavy (non-hydrogen) atoms. The van der Waals surface area contributed by atoms with Crippen LogP contribution in [0.5, 0.6) is 0 Å². The molecule has 1 fully saturated rings. The van der Waals surface area contributed by atoms with Gasteiger partial charge in [0.15, 0.2) is 0 Å². The van der Waals surface area contributed by atoms with Crippen LogP contribution >= 0.6 is 11.3 Å². The quantitative estimate of drug-likeness (QED) is 0.666. The van der Waals surface area contributed by atoms with E-state index in [0.717, 1.165) is 50.7 Å². The van der Waals surface area contributed by atoms with E-state index >= 15 is 0 Å². The molecule has 1 saturated heterocycles. The Hall–Kier alpha value is -2.29. The highest BCUT2D eigenvalue weighted by atomic mass is 32.1. The molecule has 8 heteroatoms. The number of thiophene rings is 1. The van der Waals surface area contributed by atoms with Gasteiger partial charge >= 0.3 is 0 Å². The minimum absolute atomic E-state index is 0.00421. The van der Waals surface area contributed by atoms with E-state index in [9.17, 15) is 0 Å². The lowest BCUT2D eigenvalue weighted by atomic mass is 9.95. The maximum Gasteiger partial charge on any atom is 0.232 e. The second kappa shape index (κ2) is 7.62. The molecular formula is C20H22N4O3S. The van der Waals surface area contributed by atoms with Gasteiger partial charge in [-0.05, 0) is 29.1 Å². The highest BCUT2D eigenvalue weighted by Crippen LogP contribution is 2.40. The largest absolute Gasteiger partial charge is 0.378 e. The summed E-state index contributed by atoms with van der Waals surface area (Å²) < 4.78 is 17.1. The monoisotopic (exact) mass is 398 g/mol. The highest BCUT2D eigenvalue weighted by Gasteiger charge is 2.31. The first kappa shape index (κ1) is 17.8. The fourth-order valence-electron chi connectivity index (χ4n) is 3.78. The molecule has 3 aromatic heterocycles. The molecule has 2 unspecified atom stereocenters. The number of hydrogen-bond donors (Lipinski definition) is 0. The van der Waals surface area contributed by atoms with Crippen molar-refractivity contribution >= 4 is 17.2 Å². The highest BCUT2D eigenvalue weighted by molar-refractivity contribution is 7.10. The Bertz CT molecular complexity index is 950. The first-order valence-corrected chi connectivity index (χ1v) is 10.5. The summed E-state index contributed by atoms with van der Waals surface area (Å²) in [5, 5.41) is 6.35. The first-order chi connectivity index (χ1) is 13.8. The molecule has 0 aliphatic carbocycles. The molecule has 3 aromatic rings. The van der Waals surface area contributed by atoms with Crippen molar-refractivity contribution in [2.75, 3.05) is 37.8 Å². The molecule has 2 aliphatic rings. The lowest BCUT2D eigenvalue weighted by Crippen LogP contribution is -2.36. The summed E-state index contributed by atoms with van der Waals surface area (Å²) in [6, 6.07) is 6.07. The van der Waals surface area contributed by atoms with E-state index in [1.165, 1.54) is 10.4 Å². The third kappa shape index (κ3) is 3.32. The summed E-state index contributed by atoms with van der Waals surface area (Å²) in [5.74, 6) is 2.10. The minimum Gasteiger partial charge on any atom is -0.378 e. The standard InChI is InChI=1S/C20H22N4O3S/c1-13(18-15-4-11-28-16(15)3-8-26-18)20-22-19(23-27-20)14-2-5-21-17(12-14)24-6-9-25-10-7-24/h2,4-5,11-13,18H,3,6-10H2,1H3. The molecule has 0 aromatic carbocycles. The van der Waals surface area contributed by atoms with E-state index in [0.29, 0.717) is 11.7 Å². The van der Waals surface area contributed by atoms with Crippen LogP contribution in [0, 0.1) is 0 Å². The zero-order valence-electron chi connectivity index (χ0n) is 15.7. The Morgan fingerprint density at radius 2 is 2.11 bits per heavy atom. The van der Waals surface area contributed by atoms with Crippen molar-refractivity contribution in [3.63, 3.8) is 0 Å². The van der Waals surface area contributed by atoms with Gasteiger partial charge in [0, 0.05) is 36.1 Å². The van der Waals surface area contributed by atoms with E-state index in [2.05, 4.69) is 38.4 Å². The van der Waals surface area contributed by atoms with Gasteiger partial charge in [0.05, 0.1) is 31.8 Å². The number of ether oxygens (including phenoxy) is 2. The fourth-order valence-corrected chi connectivity index (χ4v) is 4.68. The summed E-state index contributed by atoms with van der Waals surface area (Å²) >= 11 is 1.79. The molecule has 0 bridgehead atoms. The van der Waals surface area contributed by atoms with Gasteiger partial charge in [0.2, 0.25) is 11.7 Å². The lowest BCUT2D eigenvalue weighted by Gasteiger charge is -2.27. The molecule has 2 atom stereocenters. The molecule has 0 spiro atoms. The van der Waals surface area contributed by atoms with Gasteiger partial charge in [-0.1, -0.05) is 12.1 Å². The number of nitrogens with zero attached hydrogens (tertiary/aromatic N) is 4. The van der Waals surface area contributed by atoms with Gasteiger partial charge in [-0.2, -0.15) is 4.98 Å². The average Bonchev–Trinajstić information content (AvgIpc) is 3.43. The number of hydrogen-bond acceptors (Lipinski definition) is 8. The predicted molar refractivity (Wildman–Crippen MR) is 106 cm³/mol. The third-order valence-electron chi connectivity index (χ3n) is 5.34. The lowest BCUT2D eigenvalue weighted by molar-refractivity contribution is 0.0211. The van der Waals surface area contributed by atoms with Crippen molar-refractivity contribution in [1.82, 2.24) is 15.1 Å². The van der Waals surface area contributed by atoms with Crippen LogP contribution in [0.15, 0.2) is 34.3 Å². The molecule has 146 valence electrons. The molecule has 0 radical (unpaired) electrons. The van der Waals surface area contributed by atoms with Gasteiger partial charge in [-0.25, -0.2) is 4.98 Å². The van der Waals surface area contributed by atoms with E-state index in [-0.39, 0.29) is 12.0 Å². The summed E-state index contributed by atoms with van der Waals surface area (Å²) in [6.07, 6.45) is 2.73. The normalized spacial score (nSPS) is 20.8. The van der Waals surface area contributed by atoms with Crippen LogP contribution in [-0.4, -0.2) is 48.0 Å². The number of anilines is 1. The Balaban J connectivity index is 1.38. The summed E-state index contributed by atoms with van der Waals surface area (Å²) in [6.45, 7) is 5.95. The van der Waals surface area contributed by atoms with Gasteiger partial charge in [-0.15, -0.1) is 11.3 Å². The van der Waals surface area contributed by atoms with Gasteiger partial charge < -0.3 is 18.9 Å². The topological polar surface area (TPSA) is 73.5 Å². The van der Waals surface area contributed by atoms with Crippen LogP contribution < -0.4 is 4.90 Å². The van der Waals surface area contributed by atoms with Crippen molar-refractivity contribution in [2.45, 2.75) is 25.4 Å². The van der Waals surface area contributed by atoms with Crippen LogP contribution in [0.1, 0.15) is 35.3 Å². The van der Waals surface area contributed by atoms with Gasteiger partial charge in [0.1, 0.15) is 5.82 Å². The first-order valence-electron chi connectivity index (χ1n) is 9.60. The van der Waals surface area contributed by atoms with Crippen molar-refractivity contribution in [2.24, 2.45) is 0 Å². The molecule has 7 nitrogen and oxygen atoms in total. The van der Waals surface area contributed by atoms with Crippen molar-refractivity contribution in [3.05, 3.63) is 46.1 Å². The number of rotatable bonds is 4. The van der Waals surface area contributed by atoms with E-state index in [1.54, 1.807) is 17.5 Å². The predicted octanol–water partition coefficient (Wildman–Crippen LogP) is 3.45. The van der Waals surface area contributed by atoms with Crippen LogP contribution in [0.3, 0.4) is 0 Å². The number of aromatic nitrogens is 3. The smallest absolute Gasteiger partial charge is 0.232 e. The van der Waals surface area contributed by atoms with Gasteiger partial charge in [-0.3, -0.25) is 0 Å². The fraction of sp³-hybridized carbons (Fsp3) is 0.450. The number of pyridine rings is 1. The van der Waals surface area contributed by atoms with E-state index < -0.39 is 0 Å². The number of fused-ring (bicyclic) bond motifs is 1. The van der Waals surface area contributed by atoms with E-state index in [4.69, 9.17) is 14.0 Å². The van der Waals surface area contributed by atoms with E-state index in [1.807, 2.05) is 12.1 Å². The maximum absolute atomic E-state index is 6.04. The van der Waals surface area contributed by atoms with Crippen molar-refractivity contribution in [3.8, 4) is 11.4 Å². The Morgan fingerprint density at radius 3 is 3.00 bits per heavy atom. The van der Waals surface area contributed by atoms with Crippen molar-refractivity contribution < 1.29 is 14.0 Å². The molecule has 0 amide bonds. The SMILES string of the molecule is CC(c1nc(-c2ccnc(N3CCOCC3)c2)no1)C1OCCc2sccc21. The van der Waals surface area contributed by atoms with Crippen LogP contribution in [0.2, 0.25) is 0 Å². The van der Waals surface area contributed by atoms with Crippen LogP contribution in [-0.2, 0) is 15.9 Å². The summed E-state index contributed by atoms with van der Waals surface area (Å²) in [7, 11) is 0. The minimum atomic E-state index is -0.0374. The third-order valence-corrected chi connectivity index (χ3v) is 6.33. The second-order valence-corrected chi connectivity index (χ2v) is 8.09.